The number of thiazole rings is 1. The average molecular weight is 893 g/mol. The predicted octanol–water partition coefficient (Wildman–Crippen LogP) is 8.03. The van der Waals surface area contributed by atoms with Gasteiger partial charge in [-0.1, -0.05) is 89.1 Å². The Morgan fingerprint density at radius 2 is 1.74 bits per heavy atom. The molecule has 232 valence electrons. The fourth-order valence-corrected chi connectivity index (χ4v) is 8.54. The molecule has 0 spiro atoms. The summed E-state index contributed by atoms with van der Waals surface area (Å²) in [6.07, 6.45) is 1.83. The summed E-state index contributed by atoms with van der Waals surface area (Å²) in [5, 5.41) is 1.17. The summed E-state index contributed by atoms with van der Waals surface area (Å²) < 4.78 is 15.8. The van der Waals surface area contributed by atoms with Crippen LogP contribution in [0, 0.1) is 7.14 Å². The molecule has 1 aliphatic rings. The molecule has 0 radical (unpaired) electrons. The summed E-state index contributed by atoms with van der Waals surface area (Å²) in [5.41, 5.74) is 3.58. The van der Waals surface area contributed by atoms with Gasteiger partial charge in [0.2, 0.25) is 0 Å². The average Bonchev–Trinajstić information content (AvgIpc) is 3.35. The number of fused-ring (bicyclic) bond motifs is 1. The first-order valence-electron chi connectivity index (χ1n) is 14.1. The Labute approximate surface area is 306 Å². The van der Waals surface area contributed by atoms with Gasteiger partial charge in [0.05, 0.1) is 32.0 Å². The fourth-order valence-electron chi connectivity index (χ4n) is 5.16. The Balaban J connectivity index is 1.56. The molecular formula is C35H24Cl2I2N2O4S. The molecule has 46 heavy (non-hydrogen) atoms. The van der Waals surface area contributed by atoms with Crippen LogP contribution >= 0.6 is 79.7 Å². The molecule has 1 aliphatic heterocycles. The van der Waals surface area contributed by atoms with Crippen LogP contribution in [0.3, 0.4) is 0 Å². The van der Waals surface area contributed by atoms with E-state index in [0.717, 1.165) is 23.8 Å². The number of halogens is 4. The molecule has 2 heterocycles. The van der Waals surface area contributed by atoms with Crippen molar-refractivity contribution >= 4 is 97.5 Å². The van der Waals surface area contributed by atoms with Crippen LogP contribution in [0.15, 0.2) is 106 Å². The van der Waals surface area contributed by atoms with Crippen molar-refractivity contribution in [1.82, 2.24) is 4.57 Å². The van der Waals surface area contributed by atoms with Gasteiger partial charge < -0.3 is 9.47 Å². The van der Waals surface area contributed by atoms with Crippen LogP contribution in [0.4, 0.5) is 0 Å². The monoisotopic (exact) mass is 892 g/mol. The van der Waals surface area contributed by atoms with E-state index in [2.05, 4.69) is 45.2 Å². The number of ether oxygens (including phenoxy) is 2. The van der Waals surface area contributed by atoms with E-state index in [1.165, 1.54) is 11.3 Å². The Morgan fingerprint density at radius 3 is 2.46 bits per heavy atom. The van der Waals surface area contributed by atoms with E-state index in [-0.39, 0.29) is 17.7 Å². The van der Waals surface area contributed by atoms with E-state index in [1.807, 2.05) is 84.9 Å². The Hall–Kier alpha value is -2.97. The maximum absolute atomic E-state index is 14.4. The first-order chi connectivity index (χ1) is 22.2. The molecule has 0 aliphatic carbocycles. The number of hydrogen-bond donors (Lipinski definition) is 0. The first kappa shape index (κ1) is 33.0. The third-order valence-electron chi connectivity index (χ3n) is 7.16. The number of esters is 1. The second kappa shape index (κ2) is 14.4. The maximum Gasteiger partial charge on any atom is 0.338 e. The minimum atomic E-state index is -0.792. The zero-order chi connectivity index (χ0) is 32.4. The largest absolute Gasteiger partial charge is 0.487 e. The summed E-state index contributed by atoms with van der Waals surface area (Å²) in [5.74, 6) is 0.112. The zero-order valence-corrected chi connectivity index (χ0v) is 30.8. The van der Waals surface area contributed by atoms with Gasteiger partial charge in [0.25, 0.3) is 5.56 Å². The second-order valence-electron chi connectivity index (χ2n) is 10.2. The van der Waals surface area contributed by atoms with Gasteiger partial charge in [0.15, 0.2) is 4.80 Å². The molecule has 6 nitrogen and oxygen atoms in total. The molecule has 0 N–H and O–H groups in total. The number of hydrogen-bond acceptors (Lipinski definition) is 6. The van der Waals surface area contributed by atoms with Gasteiger partial charge in [0, 0.05) is 24.7 Å². The van der Waals surface area contributed by atoms with Gasteiger partial charge >= 0.3 is 5.97 Å². The van der Waals surface area contributed by atoms with Crippen LogP contribution in [-0.2, 0) is 16.1 Å². The molecule has 0 fully saturated rings. The van der Waals surface area contributed by atoms with E-state index in [1.54, 1.807) is 23.6 Å². The van der Waals surface area contributed by atoms with Crippen molar-refractivity contribution in [3.63, 3.8) is 0 Å². The van der Waals surface area contributed by atoms with Gasteiger partial charge in [-0.05, 0) is 106 Å². The Bertz CT molecular complexity index is 2160. The molecule has 1 atom stereocenters. The smallest absolute Gasteiger partial charge is 0.338 e. The third-order valence-corrected chi connectivity index (χ3v) is 10.0. The highest BCUT2D eigenvalue weighted by Crippen LogP contribution is 2.36. The molecule has 5 aromatic rings. The number of carbonyl (C=O) groups excluding carboxylic acids is 1. The molecule has 0 bridgehead atoms. The molecule has 6 rings (SSSR count). The van der Waals surface area contributed by atoms with Crippen LogP contribution < -0.4 is 19.6 Å². The van der Waals surface area contributed by atoms with Gasteiger partial charge in [-0.2, -0.15) is 0 Å². The molecule has 0 unspecified atom stereocenters. The first-order valence-corrected chi connectivity index (χ1v) is 17.9. The number of rotatable bonds is 8. The number of aromatic nitrogens is 1. The standard InChI is InChI=1S/C35H24Cl2I2N2O4S/c1-2-44-34(43)29-30(21-8-4-3-5-9-21)40-35-41(31(29)22-11-13-24(36)14-12-22)33(42)28(46-35)17-23-16-26(38)18-27(39)32(23)45-19-20-7-6-10-25(37)15-20/h3-18,31H,2,19H2,1H3/b28-17-/t31-/m1/s1. The topological polar surface area (TPSA) is 69.9 Å². The quantitative estimate of drug-likeness (QED) is 0.117. The molecule has 1 aromatic heterocycles. The lowest BCUT2D eigenvalue weighted by Crippen LogP contribution is -2.40. The summed E-state index contributed by atoms with van der Waals surface area (Å²) in [6, 6.07) is 27.3. The molecule has 11 heteroatoms. The minimum absolute atomic E-state index is 0.172. The molecule has 0 saturated heterocycles. The molecule has 0 amide bonds. The molecule has 0 saturated carbocycles. The highest BCUT2D eigenvalue weighted by Gasteiger charge is 2.35. The van der Waals surface area contributed by atoms with Crippen molar-refractivity contribution in [3.05, 3.63) is 156 Å². The summed E-state index contributed by atoms with van der Waals surface area (Å²) >= 11 is 18.2. The lowest BCUT2D eigenvalue weighted by molar-refractivity contribution is -0.138. The normalized spacial score (nSPS) is 14.5. The van der Waals surface area contributed by atoms with E-state index in [4.69, 9.17) is 37.7 Å². The van der Waals surface area contributed by atoms with Crippen LogP contribution in [0.25, 0.3) is 11.8 Å². The lowest BCUT2D eigenvalue weighted by atomic mass is 9.93. The van der Waals surface area contributed by atoms with Gasteiger partial charge in [0.1, 0.15) is 12.4 Å². The number of nitrogens with zero attached hydrogens (tertiary/aromatic N) is 2. The van der Waals surface area contributed by atoms with Crippen LogP contribution in [0.1, 0.15) is 35.2 Å². The van der Waals surface area contributed by atoms with E-state index >= 15 is 0 Å². The number of carbonyl (C=O) groups is 1. The predicted molar refractivity (Wildman–Crippen MR) is 200 cm³/mol. The second-order valence-corrected chi connectivity index (χ2v) is 14.5. The van der Waals surface area contributed by atoms with E-state index in [0.29, 0.717) is 43.0 Å². The summed E-state index contributed by atoms with van der Waals surface area (Å²) in [7, 11) is 0. The zero-order valence-electron chi connectivity index (χ0n) is 24.2. The number of benzene rings is 4. The van der Waals surface area contributed by atoms with Gasteiger partial charge in [-0.25, -0.2) is 9.79 Å². The maximum atomic E-state index is 14.4. The van der Waals surface area contributed by atoms with Crippen molar-refractivity contribution in [1.29, 1.82) is 0 Å². The van der Waals surface area contributed by atoms with Crippen molar-refractivity contribution in [2.45, 2.75) is 19.6 Å². The van der Waals surface area contributed by atoms with Gasteiger partial charge in [-0.3, -0.25) is 9.36 Å². The van der Waals surface area contributed by atoms with Crippen molar-refractivity contribution in [2.24, 2.45) is 4.99 Å². The third kappa shape index (κ3) is 6.98. The van der Waals surface area contributed by atoms with Gasteiger partial charge in [-0.15, -0.1) is 0 Å². The molecular weight excluding hydrogens is 869 g/mol. The summed E-state index contributed by atoms with van der Waals surface area (Å²) in [4.78, 5) is 33.4. The minimum Gasteiger partial charge on any atom is -0.487 e. The Morgan fingerprint density at radius 1 is 0.978 bits per heavy atom. The van der Waals surface area contributed by atoms with E-state index < -0.39 is 12.0 Å². The van der Waals surface area contributed by atoms with Crippen LogP contribution in [0.2, 0.25) is 10.0 Å². The highest BCUT2D eigenvalue weighted by atomic mass is 127. The fraction of sp³-hybridized carbons (Fsp3) is 0.114. The lowest BCUT2D eigenvalue weighted by Gasteiger charge is -2.26. The van der Waals surface area contributed by atoms with Crippen LogP contribution in [0.5, 0.6) is 5.75 Å². The van der Waals surface area contributed by atoms with Crippen molar-refractivity contribution < 1.29 is 14.3 Å². The molecule has 4 aromatic carbocycles. The van der Waals surface area contributed by atoms with Crippen molar-refractivity contribution in [2.75, 3.05) is 6.61 Å². The van der Waals surface area contributed by atoms with Crippen molar-refractivity contribution in [3.8, 4) is 5.75 Å². The summed E-state index contributed by atoms with van der Waals surface area (Å²) in [6.45, 7) is 2.23. The highest BCUT2D eigenvalue weighted by molar-refractivity contribution is 14.1. The van der Waals surface area contributed by atoms with E-state index in [9.17, 15) is 9.59 Å². The van der Waals surface area contributed by atoms with Crippen LogP contribution in [-0.4, -0.2) is 17.1 Å². The Kier molecular flexibility index (Phi) is 10.3. The SMILES string of the molecule is CCOC(=O)C1=C(c2ccccc2)N=c2s/c(=C\c3cc(I)cc(I)c3OCc3cccc(Cl)c3)c(=O)n2[C@@H]1c1ccc(Cl)cc1.